The molecule has 0 aliphatic carbocycles. The van der Waals surface area contributed by atoms with Gasteiger partial charge in [0, 0.05) is 16.2 Å². The Hall–Kier alpha value is -1.13. The molecule has 2 aromatic rings. The van der Waals surface area contributed by atoms with Gasteiger partial charge in [0.05, 0.1) is 0 Å². The quantitative estimate of drug-likeness (QED) is 0.842. The summed E-state index contributed by atoms with van der Waals surface area (Å²) in [6.45, 7) is 3.84. The Bertz CT molecular complexity index is 537. The molecule has 1 N–H and O–H groups in total. The predicted octanol–water partition coefficient (Wildman–Crippen LogP) is 4.25. The molecule has 0 saturated carbocycles. The summed E-state index contributed by atoms with van der Waals surface area (Å²) < 4.78 is 1.02. The second-order valence-electron chi connectivity index (χ2n) is 3.71. The third kappa shape index (κ3) is 3.17. The van der Waals surface area contributed by atoms with Crippen LogP contribution in [0.1, 0.15) is 11.4 Å². The molecule has 17 heavy (non-hydrogen) atoms. The van der Waals surface area contributed by atoms with Gasteiger partial charge in [-0.15, -0.1) is 0 Å². The van der Waals surface area contributed by atoms with Gasteiger partial charge in [-0.2, -0.15) is 0 Å². The number of hydrogen-bond acceptors (Lipinski definition) is 3. The first-order valence-corrected chi connectivity index (χ1v) is 6.26. The van der Waals surface area contributed by atoms with Crippen LogP contribution in [-0.4, -0.2) is 9.97 Å². The van der Waals surface area contributed by atoms with Crippen molar-refractivity contribution in [3.8, 4) is 0 Å². The monoisotopic (exact) mass is 311 g/mol. The van der Waals surface area contributed by atoms with E-state index in [1.165, 1.54) is 0 Å². The highest BCUT2D eigenvalue weighted by Gasteiger charge is 2.03. The standard InChI is InChI=1S/C12H11BrClN3/c1-7-3-4-9(13)5-10(7)17-12-6-11(14)15-8(2)16-12/h3-6H,1-2H3,(H,15,16,17). The minimum absolute atomic E-state index is 0.438. The summed E-state index contributed by atoms with van der Waals surface area (Å²) in [7, 11) is 0. The molecule has 0 spiro atoms. The van der Waals surface area contributed by atoms with Gasteiger partial charge in [0.2, 0.25) is 0 Å². The van der Waals surface area contributed by atoms with Crippen LogP contribution in [0, 0.1) is 13.8 Å². The van der Waals surface area contributed by atoms with Crippen LogP contribution >= 0.6 is 27.5 Å². The SMILES string of the molecule is Cc1nc(Cl)cc(Nc2cc(Br)ccc2C)n1. The van der Waals surface area contributed by atoms with Crippen molar-refractivity contribution in [2.45, 2.75) is 13.8 Å². The van der Waals surface area contributed by atoms with E-state index < -0.39 is 0 Å². The Morgan fingerprint density at radius 1 is 1.18 bits per heavy atom. The van der Waals surface area contributed by atoms with Gasteiger partial charge in [0.25, 0.3) is 0 Å². The number of benzene rings is 1. The molecule has 0 aliphatic rings. The molecule has 1 heterocycles. The molecule has 3 nitrogen and oxygen atoms in total. The van der Waals surface area contributed by atoms with E-state index in [-0.39, 0.29) is 0 Å². The summed E-state index contributed by atoms with van der Waals surface area (Å²) in [5.41, 5.74) is 2.13. The molecule has 88 valence electrons. The Labute approximate surface area is 113 Å². The van der Waals surface area contributed by atoms with Gasteiger partial charge in [-0.05, 0) is 31.5 Å². The Kier molecular flexibility index (Phi) is 3.64. The molecule has 0 amide bonds. The molecule has 0 atom stereocenters. The normalized spacial score (nSPS) is 10.4. The zero-order valence-corrected chi connectivity index (χ0v) is 11.8. The number of rotatable bonds is 2. The zero-order valence-electron chi connectivity index (χ0n) is 9.46. The molecule has 0 bridgehead atoms. The number of nitrogens with one attached hydrogen (secondary N) is 1. The largest absolute Gasteiger partial charge is 0.340 e. The number of anilines is 2. The molecular weight excluding hydrogens is 302 g/mol. The maximum atomic E-state index is 5.89. The van der Waals surface area contributed by atoms with Crippen LogP contribution in [-0.2, 0) is 0 Å². The Morgan fingerprint density at radius 2 is 1.94 bits per heavy atom. The smallest absolute Gasteiger partial charge is 0.135 e. The second-order valence-corrected chi connectivity index (χ2v) is 5.01. The van der Waals surface area contributed by atoms with Crippen LogP contribution in [0.5, 0.6) is 0 Å². The van der Waals surface area contributed by atoms with Crippen LogP contribution < -0.4 is 5.32 Å². The lowest BCUT2D eigenvalue weighted by atomic mass is 10.2. The van der Waals surface area contributed by atoms with Gasteiger partial charge in [-0.25, -0.2) is 9.97 Å². The summed E-state index contributed by atoms with van der Waals surface area (Å²) in [4.78, 5) is 8.30. The molecule has 0 fully saturated rings. The van der Waals surface area contributed by atoms with Crippen LogP contribution in [0.25, 0.3) is 0 Å². The van der Waals surface area contributed by atoms with Gasteiger partial charge in [0.1, 0.15) is 16.8 Å². The summed E-state index contributed by atoms with van der Waals surface area (Å²) in [6, 6.07) is 7.73. The first-order valence-electron chi connectivity index (χ1n) is 5.09. The number of aromatic nitrogens is 2. The fraction of sp³-hybridized carbons (Fsp3) is 0.167. The fourth-order valence-corrected chi connectivity index (χ4v) is 2.05. The van der Waals surface area contributed by atoms with E-state index >= 15 is 0 Å². The third-order valence-electron chi connectivity index (χ3n) is 2.27. The van der Waals surface area contributed by atoms with Crippen molar-refractivity contribution in [2.75, 3.05) is 5.32 Å². The average Bonchev–Trinajstić information content (AvgIpc) is 2.22. The van der Waals surface area contributed by atoms with Crippen LogP contribution in [0.4, 0.5) is 11.5 Å². The van der Waals surface area contributed by atoms with E-state index in [2.05, 4.69) is 31.2 Å². The highest BCUT2D eigenvalue weighted by atomic mass is 79.9. The Morgan fingerprint density at radius 3 is 2.65 bits per heavy atom. The van der Waals surface area contributed by atoms with Gasteiger partial charge in [0.15, 0.2) is 0 Å². The zero-order chi connectivity index (χ0) is 12.4. The number of aryl methyl sites for hydroxylation is 2. The highest BCUT2D eigenvalue weighted by Crippen LogP contribution is 2.24. The van der Waals surface area contributed by atoms with Crippen molar-refractivity contribution in [1.29, 1.82) is 0 Å². The van der Waals surface area contributed by atoms with Gasteiger partial charge < -0.3 is 5.32 Å². The second kappa shape index (κ2) is 5.02. The minimum Gasteiger partial charge on any atom is -0.340 e. The number of halogens is 2. The summed E-state index contributed by atoms with van der Waals surface area (Å²) in [5.74, 6) is 1.34. The molecule has 0 saturated heterocycles. The third-order valence-corrected chi connectivity index (χ3v) is 2.96. The maximum absolute atomic E-state index is 5.89. The molecule has 0 aliphatic heterocycles. The molecule has 5 heteroatoms. The number of nitrogens with zero attached hydrogens (tertiary/aromatic N) is 2. The van der Waals surface area contributed by atoms with E-state index in [1.54, 1.807) is 6.07 Å². The molecule has 2 rings (SSSR count). The first-order chi connectivity index (χ1) is 8.04. The molecular formula is C12H11BrClN3. The van der Waals surface area contributed by atoms with Gasteiger partial charge in [-0.3, -0.25) is 0 Å². The van der Waals surface area contributed by atoms with Crippen molar-refractivity contribution in [3.05, 3.63) is 45.3 Å². The molecule has 0 radical (unpaired) electrons. The Balaban J connectivity index is 2.34. The summed E-state index contributed by atoms with van der Waals surface area (Å²) in [5, 5.41) is 3.67. The predicted molar refractivity (Wildman–Crippen MR) is 73.9 cm³/mol. The van der Waals surface area contributed by atoms with Crippen LogP contribution in [0.15, 0.2) is 28.7 Å². The van der Waals surface area contributed by atoms with Crippen molar-refractivity contribution in [2.24, 2.45) is 0 Å². The van der Waals surface area contributed by atoms with Crippen molar-refractivity contribution in [3.63, 3.8) is 0 Å². The van der Waals surface area contributed by atoms with Gasteiger partial charge in [-0.1, -0.05) is 33.6 Å². The summed E-state index contributed by atoms with van der Waals surface area (Å²) >= 11 is 9.33. The molecule has 1 aromatic carbocycles. The van der Waals surface area contributed by atoms with Crippen LogP contribution in [0.2, 0.25) is 5.15 Å². The first kappa shape index (κ1) is 12.3. The van der Waals surface area contributed by atoms with E-state index in [1.807, 2.05) is 32.0 Å². The van der Waals surface area contributed by atoms with E-state index in [4.69, 9.17) is 11.6 Å². The topological polar surface area (TPSA) is 37.8 Å². The van der Waals surface area contributed by atoms with Crippen LogP contribution in [0.3, 0.4) is 0 Å². The fourth-order valence-electron chi connectivity index (χ4n) is 1.46. The summed E-state index contributed by atoms with van der Waals surface area (Å²) in [6.07, 6.45) is 0. The van der Waals surface area contributed by atoms with Crippen molar-refractivity contribution < 1.29 is 0 Å². The lowest BCUT2D eigenvalue weighted by Crippen LogP contribution is -1.98. The highest BCUT2D eigenvalue weighted by molar-refractivity contribution is 9.10. The van der Waals surface area contributed by atoms with E-state index in [9.17, 15) is 0 Å². The lowest BCUT2D eigenvalue weighted by molar-refractivity contribution is 1.06. The van der Waals surface area contributed by atoms with E-state index in [0.717, 1.165) is 15.7 Å². The van der Waals surface area contributed by atoms with E-state index in [0.29, 0.717) is 16.8 Å². The maximum Gasteiger partial charge on any atom is 0.135 e. The van der Waals surface area contributed by atoms with Crippen molar-refractivity contribution in [1.82, 2.24) is 9.97 Å². The lowest BCUT2D eigenvalue weighted by Gasteiger charge is -2.09. The number of hydrogen-bond donors (Lipinski definition) is 1. The molecule has 1 aromatic heterocycles. The average molecular weight is 313 g/mol. The minimum atomic E-state index is 0.438. The van der Waals surface area contributed by atoms with Gasteiger partial charge >= 0.3 is 0 Å². The molecule has 0 unspecified atom stereocenters. The van der Waals surface area contributed by atoms with Crippen molar-refractivity contribution >= 4 is 39.0 Å².